The van der Waals surface area contributed by atoms with E-state index in [1.807, 2.05) is 0 Å². The summed E-state index contributed by atoms with van der Waals surface area (Å²) in [6.07, 6.45) is 3.16. The lowest BCUT2D eigenvalue weighted by Crippen LogP contribution is -2.45. The minimum atomic E-state index is -0.452. The zero-order valence-corrected chi connectivity index (χ0v) is 10.8. The Bertz CT molecular complexity index is 451. The number of carbonyl (C=O) groups excluding carboxylic acids is 1. The highest BCUT2D eigenvalue weighted by Gasteiger charge is 2.24. The Morgan fingerprint density at radius 1 is 1.39 bits per heavy atom. The van der Waals surface area contributed by atoms with Gasteiger partial charge in [-0.25, -0.2) is 0 Å². The summed E-state index contributed by atoms with van der Waals surface area (Å²) in [5.41, 5.74) is 6.51. The Morgan fingerprint density at radius 2 is 2.11 bits per heavy atom. The van der Waals surface area contributed by atoms with Gasteiger partial charge in [-0.05, 0) is 31.0 Å². The second-order valence-corrected chi connectivity index (χ2v) is 5.08. The van der Waals surface area contributed by atoms with Crippen LogP contribution in [0.1, 0.15) is 36.0 Å². The lowest BCUT2D eigenvalue weighted by Gasteiger charge is -2.28. The van der Waals surface area contributed by atoms with Crippen molar-refractivity contribution in [2.75, 3.05) is 5.73 Å². The average molecular weight is 269 g/mol. The summed E-state index contributed by atoms with van der Waals surface area (Å²) in [4.78, 5) is 12.0. The first kappa shape index (κ1) is 13.2. The molecule has 98 valence electrons. The monoisotopic (exact) mass is 268 g/mol. The van der Waals surface area contributed by atoms with Crippen molar-refractivity contribution >= 4 is 23.2 Å². The fraction of sp³-hybridized carbons (Fsp3) is 0.462. The maximum Gasteiger partial charge on any atom is 0.251 e. The first-order valence-corrected chi connectivity index (χ1v) is 6.49. The number of nitrogens with two attached hydrogens (primary N) is 1. The molecule has 1 aromatic rings. The predicted octanol–water partition coefficient (Wildman–Crippen LogP) is 1.96. The van der Waals surface area contributed by atoms with E-state index < -0.39 is 6.10 Å². The zero-order valence-electron chi connectivity index (χ0n) is 10.0. The van der Waals surface area contributed by atoms with Crippen molar-refractivity contribution in [2.45, 2.75) is 37.8 Å². The summed E-state index contributed by atoms with van der Waals surface area (Å²) in [7, 11) is 0. The second-order valence-electron chi connectivity index (χ2n) is 4.67. The molecule has 5 heteroatoms. The van der Waals surface area contributed by atoms with Crippen LogP contribution in [0.15, 0.2) is 18.2 Å². The molecule has 0 aromatic heterocycles. The number of nitrogens with one attached hydrogen (secondary N) is 1. The number of hydrogen-bond donors (Lipinski definition) is 3. The van der Waals surface area contributed by atoms with Gasteiger partial charge in [-0.2, -0.15) is 0 Å². The van der Waals surface area contributed by atoms with E-state index in [1.54, 1.807) is 18.2 Å². The summed E-state index contributed by atoms with van der Waals surface area (Å²) in [5, 5.41) is 13.1. The molecule has 4 N–H and O–H groups in total. The largest absolute Gasteiger partial charge is 0.398 e. The van der Waals surface area contributed by atoms with Gasteiger partial charge in [0.05, 0.1) is 22.9 Å². The minimum Gasteiger partial charge on any atom is -0.398 e. The third kappa shape index (κ3) is 2.94. The number of hydrogen-bond acceptors (Lipinski definition) is 3. The van der Waals surface area contributed by atoms with Gasteiger partial charge in [0.2, 0.25) is 0 Å². The maximum atomic E-state index is 12.0. The van der Waals surface area contributed by atoms with Gasteiger partial charge in [0, 0.05) is 5.56 Å². The molecule has 1 aliphatic rings. The Labute approximate surface area is 111 Å². The molecule has 1 amide bonds. The Morgan fingerprint density at radius 3 is 2.78 bits per heavy atom. The molecule has 1 aromatic carbocycles. The highest BCUT2D eigenvalue weighted by molar-refractivity contribution is 6.33. The predicted molar refractivity (Wildman–Crippen MR) is 71.6 cm³/mol. The van der Waals surface area contributed by atoms with E-state index >= 15 is 0 Å². The second kappa shape index (κ2) is 5.59. The topological polar surface area (TPSA) is 75.4 Å². The molecule has 1 saturated carbocycles. The molecule has 2 rings (SSSR count). The number of rotatable bonds is 2. The molecule has 0 spiro atoms. The molecule has 0 saturated heterocycles. The van der Waals surface area contributed by atoms with E-state index in [2.05, 4.69) is 5.32 Å². The molecule has 0 aliphatic heterocycles. The lowest BCUT2D eigenvalue weighted by atomic mass is 9.92. The van der Waals surface area contributed by atoms with Crippen LogP contribution >= 0.6 is 11.6 Å². The van der Waals surface area contributed by atoms with Gasteiger partial charge in [0.25, 0.3) is 5.91 Å². The molecule has 1 fully saturated rings. The number of aliphatic hydroxyl groups is 1. The Kier molecular flexibility index (Phi) is 4.09. The quantitative estimate of drug-likeness (QED) is 0.718. The average Bonchev–Trinajstić information content (AvgIpc) is 2.35. The van der Waals surface area contributed by atoms with Crippen molar-refractivity contribution in [1.82, 2.24) is 5.32 Å². The lowest BCUT2D eigenvalue weighted by molar-refractivity contribution is 0.0717. The molecule has 2 atom stereocenters. The smallest absolute Gasteiger partial charge is 0.251 e. The SMILES string of the molecule is Nc1cc(C(=O)N[C@H]2CCCC[C@@H]2O)ccc1Cl. The number of halogens is 1. The summed E-state index contributed by atoms with van der Waals surface area (Å²) < 4.78 is 0. The van der Waals surface area contributed by atoms with E-state index in [1.165, 1.54) is 0 Å². The van der Waals surface area contributed by atoms with Crippen molar-refractivity contribution in [3.8, 4) is 0 Å². The van der Waals surface area contributed by atoms with Crippen LogP contribution in [0, 0.1) is 0 Å². The third-order valence-corrected chi connectivity index (χ3v) is 3.65. The summed E-state index contributed by atoms with van der Waals surface area (Å²) >= 11 is 5.80. The highest BCUT2D eigenvalue weighted by Crippen LogP contribution is 2.21. The van der Waals surface area contributed by atoms with E-state index in [-0.39, 0.29) is 11.9 Å². The van der Waals surface area contributed by atoms with E-state index in [0.717, 1.165) is 25.7 Å². The number of carbonyl (C=O) groups is 1. The van der Waals surface area contributed by atoms with Crippen molar-refractivity contribution in [1.29, 1.82) is 0 Å². The van der Waals surface area contributed by atoms with Gasteiger partial charge in [-0.3, -0.25) is 4.79 Å². The van der Waals surface area contributed by atoms with E-state index in [0.29, 0.717) is 16.3 Å². The minimum absolute atomic E-state index is 0.164. The summed E-state index contributed by atoms with van der Waals surface area (Å²) in [6.45, 7) is 0. The van der Waals surface area contributed by atoms with Gasteiger partial charge in [0.15, 0.2) is 0 Å². The van der Waals surface area contributed by atoms with E-state index in [9.17, 15) is 9.90 Å². The standard InChI is InChI=1S/C13H17ClN2O2/c14-9-6-5-8(7-10(9)15)13(18)16-11-3-1-2-4-12(11)17/h5-7,11-12,17H,1-4,15H2,(H,16,18)/t11-,12-/m0/s1. The van der Waals surface area contributed by atoms with Crippen LogP contribution in [-0.4, -0.2) is 23.2 Å². The van der Waals surface area contributed by atoms with Crippen molar-refractivity contribution in [2.24, 2.45) is 0 Å². The molecule has 0 radical (unpaired) electrons. The van der Waals surface area contributed by atoms with Crippen molar-refractivity contribution in [3.63, 3.8) is 0 Å². The highest BCUT2D eigenvalue weighted by atomic mass is 35.5. The first-order chi connectivity index (χ1) is 8.58. The van der Waals surface area contributed by atoms with Crippen molar-refractivity contribution < 1.29 is 9.90 Å². The number of anilines is 1. The van der Waals surface area contributed by atoms with Gasteiger partial charge in [-0.1, -0.05) is 24.4 Å². The van der Waals surface area contributed by atoms with E-state index in [4.69, 9.17) is 17.3 Å². The number of nitrogen functional groups attached to an aromatic ring is 1. The summed E-state index contributed by atoms with van der Waals surface area (Å²) in [5.74, 6) is -0.218. The van der Waals surface area contributed by atoms with Crippen LogP contribution in [0.3, 0.4) is 0 Å². The maximum absolute atomic E-state index is 12.0. The van der Waals surface area contributed by atoms with Crippen LogP contribution in [-0.2, 0) is 0 Å². The fourth-order valence-corrected chi connectivity index (χ4v) is 2.33. The third-order valence-electron chi connectivity index (χ3n) is 3.30. The zero-order chi connectivity index (χ0) is 13.1. The molecule has 1 aliphatic carbocycles. The molecule has 4 nitrogen and oxygen atoms in total. The molecule has 0 unspecified atom stereocenters. The van der Waals surface area contributed by atoms with Gasteiger partial charge in [-0.15, -0.1) is 0 Å². The normalized spacial score (nSPS) is 23.7. The van der Waals surface area contributed by atoms with Gasteiger partial charge >= 0.3 is 0 Å². The molecular formula is C13H17ClN2O2. The Balaban J connectivity index is 2.04. The van der Waals surface area contributed by atoms with Crippen LogP contribution in [0.5, 0.6) is 0 Å². The van der Waals surface area contributed by atoms with Crippen LogP contribution in [0.4, 0.5) is 5.69 Å². The number of aliphatic hydroxyl groups excluding tert-OH is 1. The summed E-state index contributed by atoms with van der Waals surface area (Å²) in [6, 6.07) is 4.61. The molecule has 18 heavy (non-hydrogen) atoms. The van der Waals surface area contributed by atoms with Crippen LogP contribution in [0.2, 0.25) is 5.02 Å². The molecular weight excluding hydrogens is 252 g/mol. The number of amides is 1. The molecule has 0 bridgehead atoms. The Hall–Kier alpha value is -1.26. The fourth-order valence-electron chi connectivity index (χ4n) is 2.22. The van der Waals surface area contributed by atoms with Crippen LogP contribution in [0.25, 0.3) is 0 Å². The van der Waals surface area contributed by atoms with Crippen molar-refractivity contribution in [3.05, 3.63) is 28.8 Å². The van der Waals surface area contributed by atoms with Gasteiger partial charge < -0.3 is 16.2 Å². The number of benzene rings is 1. The first-order valence-electron chi connectivity index (χ1n) is 6.12. The molecule has 0 heterocycles. The van der Waals surface area contributed by atoms with Crippen LogP contribution < -0.4 is 11.1 Å². The van der Waals surface area contributed by atoms with Gasteiger partial charge in [0.1, 0.15) is 0 Å².